The molecule has 1 heterocycles. The lowest BCUT2D eigenvalue weighted by Crippen LogP contribution is -2.43. The second-order valence-electron chi connectivity index (χ2n) is 3.58. The Bertz CT molecular complexity index is 362. The van der Waals surface area contributed by atoms with Crippen LogP contribution in [0.3, 0.4) is 0 Å². The molecule has 2 unspecified atom stereocenters. The second-order valence-corrected chi connectivity index (χ2v) is 3.58. The normalized spacial score (nSPS) is 25.4. The molecule has 1 aliphatic heterocycles. The lowest BCUT2D eigenvalue weighted by molar-refractivity contribution is -0.123. The van der Waals surface area contributed by atoms with Crippen LogP contribution in [-0.4, -0.2) is 13.0 Å². The molecule has 1 aromatic rings. The van der Waals surface area contributed by atoms with Crippen LogP contribution in [0, 0.1) is 0 Å². The van der Waals surface area contributed by atoms with Crippen LogP contribution >= 0.6 is 0 Å². The van der Waals surface area contributed by atoms with E-state index in [0.717, 1.165) is 5.56 Å². The lowest BCUT2D eigenvalue weighted by Gasteiger charge is -2.29. The standard InChI is InChI=1S/C11H14N2O/c1-7-8-5-3-4-6-9(8)10(12-2)13-11(7)14/h3-7,10,12H,1-2H3,(H,13,14). The van der Waals surface area contributed by atoms with Gasteiger partial charge < -0.3 is 5.32 Å². The van der Waals surface area contributed by atoms with Crippen molar-refractivity contribution in [3.8, 4) is 0 Å². The van der Waals surface area contributed by atoms with Gasteiger partial charge in [0.1, 0.15) is 6.17 Å². The molecule has 74 valence electrons. The monoisotopic (exact) mass is 190 g/mol. The Balaban J connectivity index is 2.49. The van der Waals surface area contributed by atoms with Crippen LogP contribution in [0.2, 0.25) is 0 Å². The van der Waals surface area contributed by atoms with Gasteiger partial charge in [-0.3, -0.25) is 10.1 Å². The molecule has 0 fully saturated rings. The topological polar surface area (TPSA) is 41.1 Å². The highest BCUT2D eigenvalue weighted by Crippen LogP contribution is 2.28. The minimum Gasteiger partial charge on any atom is -0.336 e. The van der Waals surface area contributed by atoms with Gasteiger partial charge in [0.25, 0.3) is 0 Å². The summed E-state index contributed by atoms with van der Waals surface area (Å²) in [6.07, 6.45) is -0.0464. The molecule has 0 bridgehead atoms. The molecule has 1 aromatic carbocycles. The van der Waals surface area contributed by atoms with Crippen LogP contribution in [-0.2, 0) is 4.79 Å². The summed E-state index contributed by atoms with van der Waals surface area (Å²) in [5.41, 5.74) is 2.29. The number of nitrogens with one attached hydrogen (secondary N) is 2. The Labute approximate surface area is 83.5 Å². The van der Waals surface area contributed by atoms with Crippen molar-refractivity contribution in [2.75, 3.05) is 7.05 Å². The number of fused-ring (bicyclic) bond motifs is 1. The van der Waals surface area contributed by atoms with Crippen molar-refractivity contribution in [3.63, 3.8) is 0 Å². The maximum Gasteiger partial charge on any atom is 0.228 e. The van der Waals surface area contributed by atoms with Crippen LogP contribution in [0.15, 0.2) is 24.3 Å². The third-order valence-corrected chi connectivity index (χ3v) is 2.74. The number of rotatable bonds is 1. The van der Waals surface area contributed by atoms with Gasteiger partial charge in [0.15, 0.2) is 0 Å². The number of carbonyl (C=O) groups is 1. The summed E-state index contributed by atoms with van der Waals surface area (Å²) >= 11 is 0. The van der Waals surface area contributed by atoms with Gasteiger partial charge in [-0.15, -0.1) is 0 Å². The third-order valence-electron chi connectivity index (χ3n) is 2.74. The van der Waals surface area contributed by atoms with Gasteiger partial charge in [0.2, 0.25) is 5.91 Å². The predicted molar refractivity (Wildman–Crippen MR) is 54.8 cm³/mol. The van der Waals surface area contributed by atoms with E-state index < -0.39 is 0 Å². The fourth-order valence-electron chi connectivity index (χ4n) is 1.88. The summed E-state index contributed by atoms with van der Waals surface area (Å²) in [6, 6.07) is 8.03. The predicted octanol–water partition coefficient (Wildman–Crippen LogP) is 1.14. The summed E-state index contributed by atoms with van der Waals surface area (Å²) in [4.78, 5) is 11.6. The first-order chi connectivity index (χ1) is 6.74. The maximum absolute atomic E-state index is 11.6. The van der Waals surface area contributed by atoms with Crippen LogP contribution in [0.5, 0.6) is 0 Å². The number of hydrogen-bond acceptors (Lipinski definition) is 2. The Kier molecular flexibility index (Phi) is 2.25. The molecule has 3 nitrogen and oxygen atoms in total. The summed E-state index contributed by atoms with van der Waals surface area (Å²) < 4.78 is 0. The molecule has 2 rings (SSSR count). The first kappa shape index (κ1) is 9.21. The Morgan fingerprint density at radius 2 is 1.93 bits per heavy atom. The first-order valence-corrected chi connectivity index (χ1v) is 4.80. The molecule has 0 aliphatic carbocycles. The molecule has 3 heteroatoms. The van der Waals surface area contributed by atoms with Gasteiger partial charge in [0.05, 0.1) is 5.92 Å². The lowest BCUT2D eigenvalue weighted by atomic mass is 9.90. The highest BCUT2D eigenvalue weighted by molar-refractivity contribution is 5.85. The summed E-state index contributed by atoms with van der Waals surface area (Å²) in [5, 5.41) is 6.00. The van der Waals surface area contributed by atoms with E-state index in [1.165, 1.54) is 5.56 Å². The van der Waals surface area contributed by atoms with Crippen molar-refractivity contribution in [1.29, 1.82) is 0 Å². The van der Waals surface area contributed by atoms with Gasteiger partial charge in [-0.1, -0.05) is 24.3 Å². The first-order valence-electron chi connectivity index (χ1n) is 4.80. The van der Waals surface area contributed by atoms with E-state index in [9.17, 15) is 4.79 Å². The fourth-order valence-corrected chi connectivity index (χ4v) is 1.88. The van der Waals surface area contributed by atoms with Crippen molar-refractivity contribution < 1.29 is 4.79 Å². The average Bonchev–Trinajstić information content (AvgIpc) is 2.23. The molecule has 2 N–H and O–H groups in total. The SMILES string of the molecule is CNC1NC(=O)C(C)c2ccccc21. The van der Waals surface area contributed by atoms with E-state index in [0.29, 0.717) is 0 Å². The van der Waals surface area contributed by atoms with Crippen molar-refractivity contribution in [2.45, 2.75) is 19.0 Å². The molecule has 14 heavy (non-hydrogen) atoms. The molecule has 2 atom stereocenters. The average molecular weight is 190 g/mol. The Morgan fingerprint density at radius 3 is 2.57 bits per heavy atom. The van der Waals surface area contributed by atoms with E-state index in [2.05, 4.69) is 10.6 Å². The molecule has 0 radical (unpaired) electrons. The highest BCUT2D eigenvalue weighted by atomic mass is 16.2. The van der Waals surface area contributed by atoms with Crippen molar-refractivity contribution in [2.24, 2.45) is 0 Å². The maximum atomic E-state index is 11.6. The van der Waals surface area contributed by atoms with Gasteiger partial charge in [-0.05, 0) is 25.1 Å². The van der Waals surface area contributed by atoms with Crippen molar-refractivity contribution >= 4 is 5.91 Å². The molecule has 1 aliphatic rings. The number of benzene rings is 1. The second kappa shape index (κ2) is 3.42. The molecular formula is C11H14N2O. The minimum absolute atomic E-state index is 0.0456. The van der Waals surface area contributed by atoms with Gasteiger partial charge >= 0.3 is 0 Å². The highest BCUT2D eigenvalue weighted by Gasteiger charge is 2.28. The number of amides is 1. The molecular weight excluding hydrogens is 176 g/mol. The fraction of sp³-hybridized carbons (Fsp3) is 0.364. The summed E-state index contributed by atoms with van der Waals surface area (Å²) in [5.74, 6) is 0.0406. The van der Waals surface area contributed by atoms with E-state index in [-0.39, 0.29) is 18.0 Å². The minimum atomic E-state index is -0.0464. The molecule has 0 aromatic heterocycles. The Hall–Kier alpha value is -1.35. The van der Waals surface area contributed by atoms with Crippen molar-refractivity contribution in [3.05, 3.63) is 35.4 Å². The van der Waals surface area contributed by atoms with Crippen LogP contribution in [0.25, 0.3) is 0 Å². The molecule has 0 saturated carbocycles. The van der Waals surface area contributed by atoms with Gasteiger partial charge in [-0.25, -0.2) is 0 Å². The zero-order chi connectivity index (χ0) is 10.1. The van der Waals surface area contributed by atoms with Gasteiger partial charge in [-0.2, -0.15) is 0 Å². The smallest absolute Gasteiger partial charge is 0.228 e. The van der Waals surface area contributed by atoms with Crippen LogP contribution in [0.4, 0.5) is 0 Å². The number of hydrogen-bond donors (Lipinski definition) is 2. The molecule has 0 spiro atoms. The van der Waals surface area contributed by atoms with Crippen LogP contribution in [0.1, 0.15) is 30.1 Å². The number of carbonyl (C=O) groups excluding carboxylic acids is 1. The molecule has 0 saturated heterocycles. The van der Waals surface area contributed by atoms with E-state index in [1.807, 2.05) is 38.2 Å². The zero-order valence-electron chi connectivity index (χ0n) is 8.37. The van der Waals surface area contributed by atoms with E-state index in [4.69, 9.17) is 0 Å². The van der Waals surface area contributed by atoms with Crippen LogP contribution < -0.4 is 10.6 Å². The Morgan fingerprint density at radius 1 is 1.29 bits per heavy atom. The largest absolute Gasteiger partial charge is 0.336 e. The van der Waals surface area contributed by atoms with Crippen molar-refractivity contribution in [1.82, 2.24) is 10.6 Å². The third kappa shape index (κ3) is 1.30. The van der Waals surface area contributed by atoms with E-state index >= 15 is 0 Å². The molecule has 1 amide bonds. The summed E-state index contributed by atoms with van der Waals surface area (Å²) in [6.45, 7) is 1.93. The summed E-state index contributed by atoms with van der Waals surface area (Å²) in [7, 11) is 1.84. The zero-order valence-corrected chi connectivity index (χ0v) is 8.37. The van der Waals surface area contributed by atoms with E-state index in [1.54, 1.807) is 0 Å². The van der Waals surface area contributed by atoms with Gasteiger partial charge in [0, 0.05) is 0 Å². The quantitative estimate of drug-likeness (QED) is 0.697.